The van der Waals surface area contributed by atoms with Gasteiger partial charge in [0, 0.05) is 16.5 Å². The number of rotatable bonds is 4. The highest BCUT2D eigenvalue weighted by atomic mass is 35.5. The van der Waals surface area contributed by atoms with Crippen molar-refractivity contribution in [3.05, 3.63) is 34.6 Å². The molecule has 0 aliphatic heterocycles. The first-order chi connectivity index (χ1) is 7.47. The molecular weight excluding hydrogens is 229 g/mol. The summed E-state index contributed by atoms with van der Waals surface area (Å²) in [4.78, 5) is 0. The molecule has 0 aliphatic carbocycles. The Morgan fingerprint density at radius 2 is 2.06 bits per heavy atom. The van der Waals surface area contributed by atoms with Crippen LogP contribution in [0.4, 0.5) is 4.39 Å². The molecule has 0 aliphatic rings. The molecule has 2 atom stereocenters. The molecule has 1 aromatic rings. The molecule has 2 unspecified atom stereocenters. The fourth-order valence-electron chi connectivity index (χ4n) is 1.74. The molecule has 0 saturated carbocycles. The first-order valence-electron chi connectivity index (χ1n) is 5.30. The molecule has 0 bridgehead atoms. The van der Waals surface area contributed by atoms with Crippen LogP contribution in [0.2, 0.25) is 5.02 Å². The molecule has 1 rings (SSSR count). The number of halogens is 2. The average Bonchev–Trinajstić information content (AvgIpc) is 2.22. The van der Waals surface area contributed by atoms with Crippen molar-refractivity contribution < 1.29 is 9.50 Å². The molecule has 16 heavy (non-hydrogen) atoms. The van der Waals surface area contributed by atoms with Gasteiger partial charge in [-0.3, -0.25) is 0 Å². The van der Waals surface area contributed by atoms with Crippen LogP contribution in [-0.4, -0.2) is 11.7 Å². The maximum absolute atomic E-state index is 13.1. The van der Waals surface area contributed by atoms with E-state index in [1.807, 2.05) is 13.8 Å². The summed E-state index contributed by atoms with van der Waals surface area (Å²) in [7, 11) is 0. The standard InChI is InChI=1S/C12H17ClFNO/c1-7(2)10(6-15)12(16)9-5-8(14)3-4-11(9)13/h3-5,7,10,12,16H,6,15H2,1-2H3. The molecule has 0 heterocycles. The highest BCUT2D eigenvalue weighted by Gasteiger charge is 2.24. The number of hydrogen-bond acceptors (Lipinski definition) is 2. The van der Waals surface area contributed by atoms with Crippen LogP contribution in [0.3, 0.4) is 0 Å². The van der Waals surface area contributed by atoms with Crippen LogP contribution >= 0.6 is 11.6 Å². The number of benzene rings is 1. The Kier molecular flexibility index (Phi) is 4.71. The minimum atomic E-state index is -0.826. The third-order valence-electron chi connectivity index (χ3n) is 2.81. The fraction of sp³-hybridized carbons (Fsp3) is 0.500. The van der Waals surface area contributed by atoms with E-state index in [2.05, 4.69) is 0 Å². The van der Waals surface area contributed by atoms with Gasteiger partial charge >= 0.3 is 0 Å². The number of aliphatic hydroxyl groups excluding tert-OH is 1. The lowest BCUT2D eigenvalue weighted by Gasteiger charge is -2.25. The molecule has 0 spiro atoms. The summed E-state index contributed by atoms with van der Waals surface area (Å²) in [6.07, 6.45) is -0.826. The Bertz CT molecular complexity index is 357. The number of hydrogen-bond donors (Lipinski definition) is 2. The first kappa shape index (κ1) is 13.4. The van der Waals surface area contributed by atoms with Crippen molar-refractivity contribution in [2.24, 2.45) is 17.6 Å². The summed E-state index contributed by atoms with van der Waals surface area (Å²) in [5.41, 5.74) is 6.01. The molecule has 0 amide bonds. The highest BCUT2D eigenvalue weighted by Crippen LogP contribution is 2.32. The Hall–Kier alpha value is -0.640. The summed E-state index contributed by atoms with van der Waals surface area (Å²) in [5.74, 6) is -0.323. The van der Waals surface area contributed by atoms with Gasteiger partial charge in [-0.1, -0.05) is 25.4 Å². The second-order valence-electron chi connectivity index (χ2n) is 4.25. The van der Waals surface area contributed by atoms with Gasteiger partial charge in [0.15, 0.2) is 0 Å². The maximum Gasteiger partial charge on any atom is 0.123 e. The van der Waals surface area contributed by atoms with E-state index in [1.165, 1.54) is 18.2 Å². The van der Waals surface area contributed by atoms with Crippen molar-refractivity contribution in [1.29, 1.82) is 0 Å². The summed E-state index contributed by atoms with van der Waals surface area (Å²) in [6.45, 7) is 4.27. The summed E-state index contributed by atoms with van der Waals surface area (Å²) < 4.78 is 13.1. The van der Waals surface area contributed by atoms with E-state index in [0.29, 0.717) is 17.1 Å². The minimum absolute atomic E-state index is 0.126. The van der Waals surface area contributed by atoms with Crippen LogP contribution in [0, 0.1) is 17.7 Å². The van der Waals surface area contributed by atoms with Crippen LogP contribution in [0.25, 0.3) is 0 Å². The molecule has 0 saturated heterocycles. The normalized spacial score (nSPS) is 15.2. The van der Waals surface area contributed by atoms with Gasteiger partial charge in [-0.05, 0) is 30.7 Å². The summed E-state index contributed by atoms with van der Waals surface area (Å²) in [5, 5.41) is 10.5. The van der Waals surface area contributed by atoms with Crippen molar-refractivity contribution in [2.75, 3.05) is 6.54 Å². The zero-order valence-corrected chi connectivity index (χ0v) is 10.2. The Balaban J connectivity index is 3.02. The lowest BCUT2D eigenvalue weighted by atomic mass is 9.86. The largest absolute Gasteiger partial charge is 0.388 e. The summed E-state index contributed by atoms with van der Waals surface area (Å²) >= 11 is 5.93. The molecule has 0 radical (unpaired) electrons. The van der Waals surface area contributed by atoms with Crippen molar-refractivity contribution >= 4 is 11.6 Å². The van der Waals surface area contributed by atoms with Gasteiger partial charge in [0.05, 0.1) is 6.10 Å². The molecule has 90 valence electrons. The van der Waals surface area contributed by atoms with Crippen LogP contribution in [0.15, 0.2) is 18.2 Å². The van der Waals surface area contributed by atoms with Crippen LogP contribution in [0.1, 0.15) is 25.5 Å². The second kappa shape index (κ2) is 5.62. The van der Waals surface area contributed by atoms with Crippen molar-refractivity contribution in [3.63, 3.8) is 0 Å². The molecule has 2 nitrogen and oxygen atoms in total. The second-order valence-corrected chi connectivity index (χ2v) is 4.66. The average molecular weight is 246 g/mol. The quantitative estimate of drug-likeness (QED) is 0.857. The molecule has 0 aromatic heterocycles. The minimum Gasteiger partial charge on any atom is -0.388 e. The van der Waals surface area contributed by atoms with E-state index >= 15 is 0 Å². The van der Waals surface area contributed by atoms with E-state index in [4.69, 9.17) is 17.3 Å². The van der Waals surface area contributed by atoms with Gasteiger partial charge in [-0.2, -0.15) is 0 Å². The molecule has 3 N–H and O–H groups in total. The number of aliphatic hydroxyl groups is 1. The molecule has 4 heteroatoms. The van der Waals surface area contributed by atoms with Gasteiger partial charge in [0.25, 0.3) is 0 Å². The zero-order chi connectivity index (χ0) is 12.3. The van der Waals surface area contributed by atoms with Gasteiger partial charge < -0.3 is 10.8 Å². The fourth-order valence-corrected chi connectivity index (χ4v) is 1.97. The third kappa shape index (κ3) is 2.94. The Labute approximate surface area is 100 Å². The topological polar surface area (TPSA) is 46.2 Å². The van der Waals surface area contributed by atoms with Crippen LogP contribution < -0.4 is 5.73 Å². The van der Waals surface area contributed by atoms with E-state index < -0.39 is 11.9 Å². The van der Waals surface area contributed by atoms with E-state index in [9.17, 15) is 9.50 Å². The van der Waals surface area contributed by atoms with E-state index in [1.54, 1.807) is 0 Å². The maximum atomic E-state index is 13.1. The predicted molar refractivity (Wildman–Crippen MR) is 63.8 cm³/mol. The highest BCUT2D eigenvalue weighted by molar-refractivity contribution is 6.31. The monoisotopic (exact) mass is 245 g/mol. The van der Waals surface area contributed by atoms with Crippen LogP contribution in [0.5, 0.6) is 0 Å². The third-order valence-corrected chi connectivity index (χ3v) is 3.15. The van der Waals surface area contributed by atoms with Gasteiger partial charge in [-0.15, -0.1) is 0 Å². The predicted octanol–water partition coefficient (Wildman–Crippen LogP) is 2.74. The SMILES string of the molecule is CC(C)C(CN)C(O)c1cc(F)ccc1Cl. The first-order valence-corrected chi connectivity index (χ1v) is 5.68. The summed E-state index contributed by atoms with van der Waals surface area (Å²) in [6, 6.07) is 3.98. The van der Waals surface area contributed by atoms with Gasteiger partial charge in [-0.25, -0.2) is 4.39 Å². The smallest absolute Gasteiger partial charge is 0.123 e. The van der Waals surface area contributed by atoms with Crippen molar-refractivity contribution in [1.82, 2.24) is 0 Å². The van der Waals surface area contributed by atoms with E-state index in [-0.39, 0.29) is 11.8 Å². The molecule has 0 fully saturated rings. The van der Waals surface area contributed by atoms with Crippen molar-refractivity contribution in [2.45, 2.75) is 20.0 Å². The molecular formula is C12H17ClFNO. The lowest BCUT2D eigenvalue weighted by Crippen LogP contribution is -2.26. The Morgan fingerprint density at radius 1 is 1.44 bits per heavy atom. The van der Waals surface area contributed by atoms with Crippen molar-refractivity contribution in [3.8, 4) is 0 Å². The number of nitrogens with two attached hydrogens (primary N) is 1. The Morgan fingerprint density at radius 3 is 2.56 bits per heavy atom. The van der Waals surface area contributed by atoms with E-state index in [0.717, 1.165) is 0 Å². The zero-order valence-electron chi connectivity index (χ0n) is 9.45. The van der Waals surface area contributed by atoms with Crippen LogP contribution in [-0.2, 0) is 0 Å². The van der Waals surface area contributed by atoms with Gasteiger partial charge in [0.1, 0.15) is 5.82 Å². The lowest BCUT2D eigenvalue weighted by molar-refractivity contribution is 0.0859. The molecule has 1 aromatic carbocycles. The van der Waals surface area contributed by atoms with Gasteiger partial charge in [0.2, 0.25) is 0 Å².